The average Bonchev–Trinajstić information content (AvgIpc) is 3.22. The summed E-state index contributed by atoms with van der Waals surface area (Å²) in [6.07, 6.45) is 8.07. The summed E-state index contributed by atoms with van der Waals surface area (Å²) in [5, 5.41) is 0. The number of carbonyl (C=O) groups is 2. The first-order valence-electron chi connectivity index (χ1n) is 8.55. The Morgan fingerprint density at radius 3 is 2.44 bits per heavy atom. The molecular formula is C20H23NO3S. The summed E-state index contributed by atoms with van der Waals surface area (Å²) in [7, 11) is 1.36. The van der Waals surface area contributed by atoms with Gasteiger partial charge in [0.05, 0.1) is 18.3 Å². The minimum atomic E-state index is -0.446. The molecule has 0 spiro atoms. The van der Waals surface area contributed by atoms with Crippen LogP contribution in [-0.2, 0) is 14.3 Å². The molecule has 4 nitrogen and oxygen atoms in total. The fraction of sp³-hybridized carbons (Fsp3) is 0.400. The number of hydrogen-bond donors (Lipinski definition) is 0. The van der Waals surface area contributed by atoms with Gasteiger partial charge in [0.1, 0.15) is 0 Å². The van der Waals surface area contributed by atoms with Crippen molar-refractivity contribution < 1.29 is 14.3 Å². The topological polar surface area (TPSA) is 46.6 Å². The van der Waals surface area contributed by atoms with Crippen LogP contribution in [0.5, 0.6) is 0 Å². The molecule has 0 saturated heterocycles. The van der Waals surface area contributed by atoms with E-state index in [9.17, 15) is 9.59 Å². The Hall–Kier alpha value is -2.01. The minimum absolute atomic E-state index is 0.0845. The molecule has 25 heavy (non-hydrogen) atoms. The maximum Gasteiger partial charge on any atom is 0.340 e. The summed E-state index contributed by atoms with van der Waals surface area (Å²) in [4.78, 5) is 28.4. The first kappa shape index (κ1) is 17.8. The summed E-state index contributed by atoms with van der Waals surface area (Å²) >= 11 is 1.67. The van der Waals surface area contributed by atoms with E-state index in [-0.39, 0.29) is 11.9 Å². The molecule has 0 aromatic heterocycles. The lowest BCUT2D eigenvalue weighted by Crippen LogP contribution is -2.34. The highest BCUT2D eigenvalue weighted by atomic mass is 32.2. The third-order valence-electron chi connectivity index (χ3n) is 4.95. The summed E-state index contributed by atoms with van der Waals surface area (Å²) in [6.45, 7) is 1.85. The van der Waals surface area contributed by atoms with Gasteiger partial charge in [-0.25, -0.2) is 4.79 Å². The van der Waals surface area contributed by atoms with E-state index in [4.69, 9.17) is 4.74 Å². The highest BCUT2D eigenvalue weighted by Gasteiger charge is 2.40. The van der Waals surface area contributed by atoms with E-state index >= 15 is 0 Å². The van der Waals surface area contributed by atoms with Crippen molar-refractivity contribution in [3.63, 3.8) is 0 Å². The monoisotopic (exact) mass is 357 g/mol. The molecule has 0 atom stereocenters. The molecule has 1 aromatic carbocycles. The number of allylic oxidation sites excluding steroid dienone is 1. The summed E-state index contributed by atoms with van der Waals surface area (Å²) in [6, 6.07) is 8.15. The lowest BCUT2D eigenvalue weighted by molar-refractivity contribution is -0.136. The Kier molecular flexibility index (Phi) is 5.33. The van der Waals surface area contributed by atoms with Gasteiger partial charge in [-0.2, -0.15) is 0 Å². The number of esters is 1. The van der Waals surface area contributed by atoms with Crippen molar-refractivity contribution in [3.8, 4) is 0 Å². The number of methoxy groups -OCH3 is 1. The van der Waals surface area contributed by atoms with Crippen molar-refractivity contribution in [1.82, 2.24) is 4.90 Å². The second-order valence-corrected chi connectivity index (χ2v) is 7.28. The number of hydrogen-bond acceptors (Lipinski definition) is 4. The largest absolute Gasteiger partial charge is 0.465 e. The van der Waals surface area contributed by atoms with Crippen molar-refractivity contribution >= 4 is 29.7 Å². The van der Waals surface area contributed by atoms with Crippen LogP contribution in [0.2, 0.25) is 0 Å². The van der Waals surface area contributed by atoms with Crippen LogP contribution in [0.25, 0.3) is 6.08 Å². The molecule has 2 aliphatic rings. The first-order valence-corrected chi connectivity index (χ1v) is 9.78. The predicted octanol–water partition coefficient (Wildman–Crippen LogP) is 4.02. The van der Waals surface area contributed by atoms with Crippen LogP contribution in [0, 0.1) is 0 Å². The number of amides is 1. The SMILES string of the molecule is COC(=O)C1=C(C)N(C2CCCC2)C(=O)C1=Cc1ccc(SC)cc1. The Balaban J connectivity index is 2.01. The molecule has 1 aromatic rings. The molecule has 3 rings (SSSR count). The molecule has 132 valence electrons. The van der Waals surface area contributed by atoms with Crippen LogP contribution in [0.1, 0.15) is 38.2 Å². The van der Waals surface area contributed by atoms with E-state index in [1.54, 1.807) is 22.7 Å². The smallest absolute Gasteiger partial charge is 0.340 e. The van der Waals surface area contributed by atoms with Crippen LogP contribution < -0.4 is 0 Å². The van der Waals surface area contributed by atoms with E-state index in [0.29, 0.717) is 11.1 Å². The zero-order chi connectivity index (χ0) is 18.0. The number of rotatable bonds is 4. The Bertz CT molecular complexity index is 743. The lowest BCUT2D eigenvalue weighted by Gasteiger charge is -2.25. The first-order chi connectivity index (χ1) is 12.1. The summed E-state index contributed by atoms with van der Waals surface area (Å²) < 4.78 is 4.95. The standard InChI is InChI=1S/C20H23NO3S/c1-13-18(20(23)24-2)17(12-14-8-10-16(25-3)11-9-14)19(22)21(13)15-6-4-5-7-15/h8-12,15H,4-7H2,1-3H3. The molecule has 0 N–H and O–H groups in total. The zero-order valence-corrected chi connectivity index (χ0v) is 15.7. The number of benzene rings is 1. The number of nitrogens with zero attached hydrogens (tertiary/aromatic N) is 1. The molecule has 1 saturated carbocycles. The van der Waals surface area contributed by atoms with Crippen molar-refractivity contribution in [2.75, 3.05) is 13.4 Å². The van der Waals surface area contributed by atoms with E-state index < -0.39 is 5.97 Å². The molecule has 0 radical (unpaired) electrons. The van der Waals surface area contributed by atoms with Crippen LogP contribution in [0.15, 0.2) is 46.0 Å². The lowest BCUT2D eigenvalue weighted by atomic mass is 10.0. The van der Waals surface area contributed by atoms with Crippen LogP contribution >= 0.6 is 11.8 Å². The van der Waals surface area contributed by atoms with Gasteiger partial charge in [-0.3, -0.25) is 4.79 Å². The maximum absolute atomic E-state index is 13.1. The molecule has 5 heteroatoms. The minimum Gasteiger partial charge on any atom is -0.465 e. The number of thioether (sulfide) groups is 1. The van der Waals surface area contributed by atoms with Gasteiger partial charge < -0.3 is 9.64 Å². The van der Waals surface area contributed by atoms with Gasteiger partial charge in [-0.15, -0.1) is 11.8 Å². The van der Waals surface area contributed by atoms with Gasteiger partial charge in [0.2, 0.25) is 0 Å². The van der Waals surface area contributed by atoms with E-state index in [1.165, 1.54) is 7.11 Å². The van der Waals surface area contributed by atoms with Crippen molar-refractivity contribution in [2.24, 2.45) is 0 Å². The van der Waals surface area contributed by atoms with E-state index in [1.807, 2.05) is 37.4 Å². The molecule has 0 unspecified atom stereocenters. The van der Waals surface area contributed by atoms with Gasteiger partial charge in [0, 0.05) is 16.6 Å². The van der Waals surface area contributed by atoms with Gasteiger partial charge >= 0.3 is 5.97 Å². The fourth-order valence-corrected chi connectivity index (χ4v) is 4.08. The molecule has 0 bridgehead atoms. The van der Waals surface area contributed by atoms with E-state index in [0.717, 1.165) is 41.8 Å². The molecular weight excluding hydrogens is 334 g/mol. The molecule has 1 amide bonds. The number of carbonyl (C=O) groups excluding carboxylic acids is 2. The third kappa shape index (κ3) is 3.38. The van der Waals surface area contributed by atoms with Crippen LogP contribution in [0.3, 0.4) is 0 Å². The van der Waals surface area contributed by atoms with Gasteiger partial charge in [0.25, 0.3) is 5.91 Å². The number of ether oxygens (including phenoxy) is 1. The summed E-state index contributed by atoms with van der Waals surface area (Å²) in [5.74, 6) is -0.530. The second-order valence-electron chi connectivity index (χ2n) is 6.40. The fourth-order valence-electron chi connectivity index (χ4n) is 3.67. The van der Waals surface area contributed by atoms with Gasteiger partial charge in [-0.05, 0) is 49.8 Å². The van der Waals surface area contributed by atoms with Crippen molar-refractivity contribution in [3.05, 3.63) is 46.7 Å². The molecule has 1 aliphatic heterocycles. The maximum atomic E-state index is 13.1. The average molecular weight is 357 g/mol. The molecule has 1 heterocycles. The van der Waals surface area contributed by atoms with E-state index in [2.05, 4.69) is 0 Å². The summed E-state index contributed by atoms with van der Waals surface area (Å²) in [5.41, 5.74) is 2.46. The van der Waals surface area contributed by atoms with Crippen LogP contribution in [0.4, 0.5) is 0 Å². The third-order valence-corrected chi connectivity index (χ3v) is 5.69. The Morgan fingerprint density at radius 1 is 1.24 bits per heavy atom. The van der Waals surface area contributed by atoms with Gasteiger partial charge in [0.15, 0.2) is 0 Å². The van der Waals surface area contributed by atoms with Gasteiger partial charge in [-0.1, -0.05) is 25.0 Å². The normalized spacial score (nSPS) is 20.0. The van der Waals surface area contributed by atoms with Crippen molar-refractivity contribution in [2.45, 2.75) is 43.5 Å². The Labute approximate surface area is 152 Å². The van der Waals surface area contributed by atoms with Crippen molar-refractivity contribution in [1.29, 1.82) is 0 Å². The molecule has 1 aliphatic carbocycles. The predicted molar refractivity (Wildman–Crippen MR) is 100 cm³/mol. The zero-order valence-electron chi connectivity index (χ0n) is 14.9. The highest BCUT2D eigenvalue weighted by Crippen LogP contribution is 2.37. The van der Waals surface area contributed by atoms with Crippen LogP contribution in [-0.4, -0.2) is 36.2 Å². The quantitative estimate of drug-likeness (QED) is 0.464. The second kappa shape index (κ2) is 7.48. The Morgan fingerprint density at radius 2 is 1.88 bits per heavy atom. The molecule has 1 fully saturated rings. The highest BCUT2D eigenvalue weighted by molar-refractivity contribution is 7.98.